The van der Waals surface area contributed by atoms with Crippen molar-refractivity contribution in [2.45, 2.75) is 105 Å². The van der Waals surface area contributed by atoms with Gasteiger partial charge in [-0.25, -0.2) is 0 Å². The molecule has 3 nitrogen and oxygen atoms in total. The second kappa shape index (κ2) is 9.51. The molecule has 0 radical (unpaired) electrons. The van der Waals surface area contributed by atoms with Crippen LogP contribution in [0.1, 0.15) is 105 Å². The van der Waals surface area contributed by atoms with Crippen molar-refractivity contribution in [3.63, 3.8) is 0 Å². The number of aliphatic hydroxyl groups excluding tert-OH is 1. The van der Waals surface area contributed by atoms with Crippen LogP contribution in [0.15, 0.2) is 0 Å². The van der Waals surface area contributed by atoms with Crippen molar-refractivity contribution in [3.05, 3.63) is 0 Å². The third kappa shape index (κ3) is 4.48. The second-order valence-electron chi connectivity index (χ2n) is 12.3. The second-order valence-corrected chi connectivity index (χ2v) is 12.3. The SMILES string of the molecule is CC(C)CCC[C@@H](C)C1CCC2C3CC[C@@H](CCO)[C@](C)(CC(N)=O)[C@H]3CC[C@@]21C. The van der Waals surface area contributed by atoms with Gasteiger partial charge in [-0.1, -0.05) is 53.9 Å². The van der Waals surface area contributed by atoms with Gasteiger partial charge < -0.3 is 10.8 Å². The van der Waals surface area contributed by atoms with E-state index in [4.69, 9.17) is 5.73 Å². The number of amides is 1. The van der Waals surface area contributed by atoms with Crippen LogP contribution in [0.2, 0.25) is 0 Å². The standard InChI is InChI=1S/C27H49NO2/c1-18(2)7-6-8-19(3)22-11-12-23-21-10-9-20(14-16-29)27(5,17-25(28)30)24(21)13-15-26(22,23)4/h18-24,29H,6-17H2,1-5H3,(H2,28,30)/t19-,20+,21?,22?,23?,24+,26-,27+/m1/s1. The minimum absolute atomic E-state index is 0.0280. The van der Waals surface area contributed by atoms with E-state index >= 15 is 0 Å². The number of hydrogen-bond acceptors (Lipinski definition) is 2. The van der Waals surface area contributed by atoms with E-state index in [1.165, 1.54) is 51.4 Å². The Balaban J connectivity index is 1.76. The van der Waals surface area contributed by atoms with Gasteiger partial charge in [0.05, 0.1) is 0 Å². The molecule has 0 aliphatic heterocycles. The molecule has 0 aromatic rings. The Labute approximate surface area is 186 Å². The first-order valence-corrected chi connectivity index (χ1v) is 13.0. The van der Waals surface area contributed by atoms with Gasteiger partial charge in [0.25, 0.3) is 0 Å². The summed E-state index contributed by atoms with van der Waals surface area (Å²) in [6, 6.07) is 0. The number of primary amides is 1. The maximum Gasteiger partial charge on any atom is 0.217 e. The quantitative estimate of drug-likeness (QED) is 0.468. The van der Waals surface area contributed by atoms with Gasteiger partial charge in [0.1, 0.15) is 0 Å². The molecule has 3 saturated carbocycles. The van der Waals surface area contributed by atoms with Crippen molar-refractivity contribution in [3.8, 4) is 0 Å². The highest BCUT2D eigenvalue weighted by Gasteiger charge is 2.60. The van der Waals surface area contributed by atoms with E-state index in [1.807, 2.05) is 0 Å². The summed E-state index contributed by atoms with van der Waals surface area (Å²) in [6.45, 7) is 12.4. The number of carbonyl (C=O) groups is 1. The lowest BCUT2D eigenvalue weighted by Crippen LogP contribution is -2.53. The summed E-state index contributed by atoms with van der Waals surface area (Å²) in [5.74, 6) is 4.96. The smallest absolute Gasteiger partial charge is 0.217 e. The summed E-state index contributed by atoms with van der Waals surface area (Å²) >= 11 is 0. The van der Waals surface area contributed by atoms with Crippen LogP contribution in [0.4, 0.5) is 0 Å². The molecule has 0 heterocycles. The molecule has 0 bridgehead atoms. The number of rotatable bonds is 9. The van der Waals surface area contributed by atoms with Crippen LogP contribution in [0.3, 0.4) is 0 Å². The summed E-state index contributed by atoms with van der Waals surface area (Å²) < 4.78 is 0. The fraction of sp³-hybridized carbons (Fsp3) is 0.963. The third-order valence-electron chi connectivity index (χ3n) is 10.3. The van der Waals surface area contributed by atoms with E-state index < -0.39 is 0 Å². The molecule has 0 saturated heterocycles. The van der Waals surface area contributed by atoms with Crippen LogP contribution in [0.5, 0.6) is 0 Å². The summed E-state index contributed by atoms with van der Waals surface area (Å²) in [5.41, 5.74) is 6.20. The first kappa shape index (κ1) is 24.1. The molecule has 3 unspecified atom stereocenters. The Bertz CT molecular complexity index is 589. The molecule has 8 atom stereocenters. The topological polar surface area (TPSA) is 63.3 Å². The zero-order valence-electron chi connectivity index (χ0n) is 20.5. The Morgan fingerprint density at radius 1 is 1.03 bits per heavy atom. The Morgan fingerprint density at radius 2 is 1.77 bits per heavy atom. The van der Waals surface area contributed by atoms with Gasteiger partial charge in [0.15, 0.2) is 0 Å². The first-order chi connectivity index (χ1) is 14.1. The molecule has 3 fully saturated rings. The third-order valence-corrected chi connectivity index (χ3v) is 10.3. The van der Waals surface area contributed by atoms with Gasteiger partial charge in [0.2, 0.25) is 5.91 Å². The largest absolute Gasteiger partial charge is 0.396 e. The lowest BCUT2D eigenvalue weighted by atomic mass is 9.45. The normalized spacial score (nSPS) is 42.0. The lowest BCUT2D eigenvalue weighted by Gasteiger charge is -2.59. The molecule has 0 aromatic carbocycles. The maximum absolute atomic E-state index is 12.0. The molecule has 0 spiro atoms. The lowest BCUT2D eigenvalue weighted by molar-refractivity contribution is -0.133. The zero-order chi connectivity index (χ0) is 22.1. The fourth-order valence-electron chi connectivity index (χ4n) is 8.84. The Kier molecular flexibility index (Phi) is 7.63. The number of hydrogen-bond donors (Lipinski definition) is 2. The molecule has 30 heavy (non-hydrogen) atoms. The highest BCUT2D eigenvalue weighted by Crippen LogP contribution is 2.67. The molecule has 3 rings (SSSR count). The van der Waals surface area contributed by atoms with Gasteiger partial charge in [-0.05, 0) is 97.2 Å². The van der Waals surface area contributed by atoms with Crippen molar-refractivity contribution in [2.24, 2.45) is 58.0 Å². The minimum Gasteiger partial charge on any atom is -0.396 e. The van der Waals surface area contributed by atoms with E-state index in [1.54, 1.807) is 0 Å². The number of fused-ring (bicyclic) bond motifs is 3. The summed E-state index contributed by atoms with van der Waals surface area (Å²) in [5, 5.41) is 9.66. The van der Waals surface area contributed by atoms with Crippen molar-refractivity contribution < 1.29 is 9.90 Å². The van der Waals surface area contributed by atoms with Crippen LogP contribution in [0, 0.1) is 52.3 Å². The average molecular weight is 420 g/mol. The molecule has 1 amide bonds. The van der Waals surface area contributed by atoms with Crippen LogP contribution in [-0.4, -0.2) is 17.6 Å². The number of aliphatic hydroxyl groups is 1. The zero-order valence-corrected chi connectivity index (χ0v) is 20.5. The molecule has 3 aliphatic carbocycles. The molecular weight excluding hydrogens is 370 g/mol. The van der Waals surface area contributed by atoms with Crippen LogP contribution < -0.4 is 5.73 Å². The molecule has 0 aromatic heterocycles. The number of carbonyl (C=O) groups excluding carboxylic acids is 1. The van der Waals surface area contributed by atoms with E-state index in [9.17, 15) is 9.90 Å². The van der Waals surface area contributed by atoms with Crippen molar-refractivity contribution in [2.75, 3.05) is 6.61 Å². The Morgan fingerprint density at radius 3 is 2.40 bits per heavy atom. The minimum atomic E-state index is -0.155. The van der Waals surface area contributed by atoms with E-state index in [0.717, 1.165) is 42.4 Å². The summed E-state index contributed by atoms with van der Waals surface area (Å²) in [6.07, 6.45) is 13.2. The van der Waals surface area contributed by atoms with Gasteiger partial charge in [0, 0.05) is 13.0 Å². The fourth-order valence-corrected chi connectivity index (χ4v) is 8.84. The van der Waals surface area contributed by atoms with Crippen molar-refractivity contribution >= 4 is 5.91 Å². The highest BCUT2D eigenvalue weighted by atomic mass is 16.3. The molecule has 3 N–H and O–H groups in total. The van der Waals surface area contributed by atoms with E-state index in [2.05, 4.69) is 34.6 Å². The van der Waals surface area contributed by atoms with E-state index in [-0.39, 0.29) is 17.9 Å². The predicted molar refractivity (Wildman–Crippen MR) is 125 cm³/mol. The van der Waals surface area contributed by atoms with Gasteiger partial charge in [-0.3, -0.25) is 4.79 Å². The van der Waals surface area contributed by atoms with Crippen LogP contribution in [0.25, 0.3) is 0 Å². The van der Waals surface area contributed by atoms with Gasteiger partial charge in [-0.2, -0.15) is 0 Å². The molecular formula is C27H49NO2. The van der Waals surface area contributed by atoms with Crippen LogP contribution in [-0.2, 0) is 4.79 Å². The molecule has 3 aliphatic rings. The molecule has 174 valence electrons. The van der Waals surface area contributed by atoms with Gasteiger partial charge in [-0.15, -0.1) is 0 Å². The summed E-state index contributed by atoms with van der Waals surface area (Å²) in [4.78, 5) is 12.0. The summed E-state index contributed by atoms with van der Waals surface area (Å²) in [7, 11) is 0. The predicted octanol–water partition coefficient (Wildman–Crippen LogP) is 6.18. The highest BCUT2D eigenvalue weighted by molar-refractivity contribution is 5.74. The maximum atomic E-state index is 12.0. The van der Waals surface area contributed by atoms with Crippen LogP contribution >= 0.6 is 0 Å². The van der Waals surface area contributed by atoms with Crippen molar-refractivity contribution in [1.82, 2.24) is 0 Å². The first-order valence-electron chi connectivity index (χ1n) is 13.0. The number of nitrogens with two attached hydrogens (primary N) is 1. The monoisotopic (exact) mass is 419 g/mol. The van der Waals surface area contributed by atoms with Gasteiger partial charge >= 0.3 is 0 Å². The van der Waals surface area contributed by atoms with E-state index in [0.29, 0.717) is 23.7 Å². The molecule has 3 heteroatoms. The Hall–Kier alpha value is -0.570. The average Bonchev–Trinajstić information content (AvgIpc) is 3.00. The van der Waals surface area contributed by atoms with Crippen molar-refractivity contribution in [1.29, 1.82) is 0 Å².